The predicted molar refractivity (Wildman–Crippen MR) is 218 cm³/mol. The molecule has 0 aliphatic heterocycles. The Morgan fingerprint density at radius 1 is 0.694 bits per heavy atom. The fraction of sp³-hybridized carbons (Fsp3) is 0.592. The number of allylic oxidation sites excluding steroid dienone is 14. The molecule has 0 nitrogen and oxygen atoms in total. The molecule has 0 N–H and O–H groups in total. The van der Waals surface area contributed by atoms with Gasteiger partial charge >= 0.3 is 0 Å². The van der Waals surface area contributed by atoms with Gasteiger partial charge < -0.3 is 0 Å². The topological polar surface area (TPSA) is 0 Å². The summed E-state index contributed by atoms with van der Waals surface area (Å²) in [6.07, 6.45) is 42.6. The Balaban J connectivity index is 0.000000171. The van der Waals surface area contributed by atoms with Crippen LogP contribution in [0.1, 0.15) is 152 Å². The summed E-state index contributed by atoms with van der Waals surface area (Å²) in [4.78, 5) is 0. The molecule has 0 heteroatoms. The molecule has 1 spiro atoms. The third-order valence-electron chi connectivity index (χ3n) is 12.9. The van der Waals surface area contributed by atoms with Gasteiger partial charge in [0.05, 0.1) is 0 Å². The first-order valence-corrected chi connectivity index (χ1v) is 19.8. The van der Waals surface area contributed by atoms with Gasteiger partial charge in [0, 0.05) is 10.8 Å². The molecule has 5 aliphatic rings. The largest absolute Gasteiger partial charge is 0.0877 e. The van der Waals surface area contributed by atoms with E-state index >= 15 is 0 Å². The summed E-state index contributed by atoms with van der Waals surface area (Å²) < 4.78 is 0. The number of rotatable bonds is 6. The Hall–Kier alpha value is -2.60. The summed E-state index contributed by atoms with van der Waals surface area (Å²) in [6.45, 7) is 25.8. The first-order valence-electron chi connectivity index (χ1n) is 19.8. The van der Waals surface area contributed by atoms with Crippen molar-refractivity contribution in [3.8, 4) is 0 Å². The third kappa shape index (κ3) is 8.65. The highest BCUT2D eigenvalue weighted by Crippen LogP contribution is 2.64. The maximum atomic E-state index is 2.47. The van der Waals surface area contributed by atoms with Gasteiger partial charge in [-0.15, -0.1) is 0 Å². The Morgan fingerprint density at radius 3 is 1.80 bits per heavy atom. The van der Waals surface area contributed by atoms with Gasteiger partial charge in [0.25, 0.3) is 0 Å². The van der Waals surface area contributed by atoms with Crippen LogP contribution in [0.3, 0.4) is 0 Å². The zero-order valence-electron chi connectivity index (χ0n) is 33.6. The van der Waals surface area contributed by atoms with E-state index in [1.54, 1.807) is 0 Å². The second kappa shape index (κ2) is 15.3. The highest BCUT2D eigenvalue weighted by Gasteiger charge is 2.55. The lowest BCUT2D eigenvalue weighted by Gasteiger charge is -2.52. The smallest absolute Gasteiger partial charge is 0.0352 e. The van der Waals surface area contributed by atoms with E-state index in [4.69, 9.17) is 0 Å². The van der Waals surface area contributed by atoms with Crippen LogP contribution >= 0.6 is 0 Å². The van der Waals surface area contributed by atoms with Crippen LogP contribution in [0.5, 0.6) is 0 Å². The van der Waals surface area contributed by atoms with Crippen LogP contribution in [0.15, 0.2) is 114 Å². The summed E-state index contributed by atoms with van der Waals surface area (Å²) in [7, 11) is 0. The minimum atomic E-state index is 0.0697. The van der Waals surface area contributed by atoms with Crippen molar-refractivity contribution in [2.45, 2.75) is 152 Å². The number of hydrogen-bond donors (Lipinski definition) is 0. The van der Waals surface area contributed by atoms with E-state index in [1.165, 1.54) is 74.5 Å². The summed E-state index contributed by atoms with van der Waals surface area (Å²) in [5.74, 6) is 0. The van der Waals surface area contributed by atoms with Crippen molar-refractivity contribution in [2.75, 3.05) is 0 Å². The van der Waals surface area contributed by atoms with Crippen molar-refractivity contribution < 1.29 is 0 Å². The first kappa shape index (κ1) is 39.2. The number of hydrogen-bond acceptors (Lipinski definition) is 0. The normalized spacial score (nSPS) is 29.8. The van der Waals surface area contributed by atoms with Gasteiger partial charge in [-0.2, -0.15) is 0 Å². The lowest BCUT2D eigenvalue weighted by atomic mass is 9.52. The monoisotopic (exact) mass is 661 g/mol. The van der Waals surface area contributed by atoms with Gasteiger partial charge in [-0.1, -0.05) is 204 Å². The Kier molecular flexibility index (Phi) is 12.3. The fourth-order valence-electron chi connectivity index (χ4n) is 10.2. The van der Waals surface area contributed by atoms with Crippen LogP contribution in [-0.2, 0) is 5.41 Å². The van der Waals surface area contributed by atoms with Crippen LogP contribution in [0.4, 0.5) is 0 Å². The quantitative estimate of drug-likeness (QED) is 0.210. The Morgan fingerprint density at radius 2 is 1.31 bits per heavy atom. The van der Waals surface area contributed by atoms with E-state index in [-0.39, 0.29) is 10.8 Å². The summed E-state index contributed by atoms with van der Waals surface area (Å²) in [6, 6.07) is 11.0. The molecule has 1 saturated carbocycles. The van der Waals surface area contributed by atoms with E-state index in [2.05, 4.69) is 179 Å². The van der Waals surface area contributed by atoms with Gasteiger partial charge in [0.15, 0.2) is 0 Å². The maximum absolute atomic E-state index is 2.47. The minimum Gasteiger partial charge on any atom is -0.0877 e. The Labute approximate surface area is 303 Å². The van der Waals surface area contributed by atoms with Gasteiger partial charge in [-0.05, 0) is 90.1 Å². The molecule has 0 bridgehead atoms. The SMILES string of the molecule is C/C=C\C=C(/CCC)C1(c2ccccc2)C=CC(C)(C)C1.CC1(C)C=CC(C)(C)C12CCCCC2.CC1(C)C=CC(C)(C2=CCCC=C2)C1. The molecule has 0 aromatic heterocycles. The van der Waals surface area contributed by atoms with Crippen molar-refractivity contribution in [1.29, 1.82) is 0 Å². The fourth-order valence-corrected chi connectivity index (χ4v) is 10.2. The maximum Gasteiger partial charge on any atom is 0.0352 e. The minimum absolute atomic E-state index is 0.0697. The van der Waals surface area contributed by atoms with Crippen LogP contribution in [0, 0.1) is 32.5 Å². The highest BCUT2D eigenvalue weighted by molar-refractivity contribution is 5.47. The molecule has 0 amide bonds. The molecule has 5 aliphatic carbocycles. The van der Waals surface area contributed by atoms with Crippen molar-refractivity contribution in [3.63, 3.8) is 0 Å². The molecule has 2 atom stereocenters. The van der Waals surface area contributed by atoms with Gasteiger partial charge in [-0.25, -0.2) is 0 Å². The standard InChI is InChI=1S/C21H28.C14H24.C14H20/c1-5-7-12-18(11-6-2)21(16-15-20(3,4)17-21)19-13-9-8-10-14-19;1-12(2)10-11-13(3,4)14(12)8-6-5-7-9-14;1-13(2)9-10-14(3,11-13)12-7-5-4-6-8-12/h5,7-10,12-16H,6,11,17H2,1-4H3;10-11H,5-9H2,1-4H3;5,7-10H,4,6,11H2,1-3H3/b7-5-,18-12+;;. The molecule has 0 radical (unpaired) electrons. The molecule has 2 unspecified atom stereocenters. The molecule has 6 rings (SSSR count). The zero-order chi connectivity index (χ0) is 36.0. The molecule has 0 saturated heterocycles. The van der Waals surface area contributed by atoms with Crippen LogP contribution in [0.2, 0.25) is 0 Å². The van der Waals surface area contributed by atoms with E-state index < -0.39 is 0 Å². The van der Waals surface area contributed by atoms with Gasteiger partial charge in [-0.3, -0.25) is 0 Å². The first-order chi connectivity index (χ1) is 23.0. The molecular formula is C49H72. The summed E-state index contributed by atoms with van der Waals surface area (Å²) >= 11 is 0. The molecule has 1 aromatic rings. The van der Waals surface area contributed by atoms with Crippen molar-refractivity contribution >= 4 is 0 Å². The molecule has 49 heavy (non-hydrogen) atoms. The summed E-state index contributed by atoms with van der Waals surface area (Å²) in [5.41, 5.74) is 6.87. The average molecular weight is 661 g/mol. The van der Waals surface area contributed by atoms with Crippen molar-refractivity contribution in [1.82, 2.24) is 0 Å². The van der Waals surface area contributed by atoms with E-state index in [0.717, 1.165) is 12.8 Å². The molecular weight excluding hydrogens is 589 g/mol. The lowest BCUT2D eigenvalue weighted by Crippen LogP contribution is -2.44. The molecule has 0 heterocycles. The van der Waals surface area contributed by atoms with Crippen LogP contribution in [-0.4, -0.2) is 0 Å². The second-order valence-corrected chi connectivity index (χ2v) is 18.8. The van der Waals surface area contributed by atoms with Crippen molar-refractivity contribution in [2.24, 2.45) is 32.5 Å². The lowest BCUT2D eigenvalue weighted by molar-refractivity contribution is -0.0118. The second-order valence-electron chi connectivity index (χ2n) is 18.8. The van der Waals surface area contributed by atoms with E-state index in [9.17, 15) is 0 Å². The van der Waals surface area contributed by atoms with Crippen LogP contribution < -0.4 is 0 Å². The van der Waals surface area contributed by atoms with Gasteiger partial charge in [0.1, 0.15) is 0 Å². The van der Waals surface area contributed by atoms with Crippen molar-refractivity contribution in [3.05, 3.63) is 120 Å². The summed E-state index contributed by atoms with van der Waals surface area (Å²) in [5, 5.41) is 0. The molecule has 268 valence electrons. The van der Waals surface area contributed by atoms with Gasteiger partial charge in [0.2, 0.25) is 0 Å². The predicted octanol–water partition coefficient (Wildman–Crippen LogP) is 15.0. The third-order valence-corrected chi connectivity index (χ3v) is 12.9. The highest BCUT2D eigenvalue weighted by atomic mass is 14.6. The zero-order valence-corrected chi connectivity index (χ0v) is 33.6. The number of benzene rings is 1. The molecule has 1 aromatic carbocycles. The Bertz CT molecular complexity index is 1430. The average Bonchev–Trinajstić information content (AvgIpc) is 3.63. The van der Waals surface area contributed by atoms with E-state index in [1.807, 2.05) is 0 Å². The van der Waals surface area contributed by atoms with Crippen LogP contribution in [0.25, 0.3) is 0 Å². The van der Waals surface area contributed by atoms with E-state index in [0.29, 0.717) is 27.1 Å². The molecule has 1 fully saturated rings.